The zero-order valence-corrected chi connectivity index (χ0v) is 9.39. The van der Waals surface area contributed by atoms with Gasteiger partial charge in [0.05, 0.1) is 16.3 Å². The Kier molecular flexibility index (Phi) is 3.57. The highest BCUT2D eigenvalue weighted by Crippen LogP contribution is 2.25. The number of rotatable bonds is 4. The Labute approximate surface area is 87.3 Å². The molecule has 5 heteroatoms. The molecule has 14 heavy (non-hydrogen) atoms. The first-order valence-electron chi connectivity index (χ1n) is 4.44. The maximum atomic E-state index is 10.4. The molecule has 0 bridgehead atoms. The Morgan fingerprint density at radius 1 is 1.57 bits per heavy atom. The number of aliphatic carboxylic acids is 1. The molecule has 0 radical (unpaired) electrons. The third-order valence-corrected chi connectivity index (χ3v) is 3.23. The van der Waals surface area contributed by atoms with Crippen molar-refractivity contribution in [1.29, 1.82) is 0 Å². The monoisotopic (exact) mass is 214 g/mol. The van der Waals surface area contributed by atoms with Crippen LogP contribution >= 0.6 is 11.8 Å². The molecule has 1 aromatic heterocycles. The molecule has 0 aromatic carbocycles. The van der Waals surface area contributed by atoms with Crippen molar-refractivity contribution >= 4 is 17.7 Å². The summed E-state index contributed by atoms with van der Waals surface area (Å²) in [5.41, 5.74) is 1.96. The molecule has 0 aliphatic heterocycles. The lowest BCUT2D eigenvalue weighted by atomic mass is 10.4. The van der Waals surface area contributed by atoms with Crippen LogP contribution in [-0.4, -0.2) is 26.6 Å². The van der Waals surface area contributed by atoms with Gasteiger partial charge in [-0.15, -0.1) is 11.8 Å². The van der Waals surface area contributed by atoms with E-state index in [0.717, 1.165) is 22.8 Å². The Hall–Kier alpha value is -0.970. The molecule has 0 aliphatic rings. The normalized spacial score (nSPS) is 10.5. The zero-order chi connectivity index (χ0) is 10.7. The molecule has 78 valence electrons. The van der Waals surface area contributed by atoms with E-state index in [1.165, 1.54) is 11.8 Å². The average molecular weight is 214 g/mol. The average Bonchev–Trinajstić information content (AvgIpc) is 2.39. The van der Waals surface area contributed by atoms with Crippen molar-refractivity contribution in [2.75, 3.05) is 5.75 Å². The van der Waals surface area contributed by atoms with E-state index in [1.807, 2.05) is 25.5 Å². The van der Waals surface area contributed by atoms with E-state index < -0.39 is 5.97 Å². The van der Waals surface area contributed by atoms with Crippen LogP contribution in [0.5, 0.6) is 0 Å². The lowest BCUT2D eigenvalue weighted by Gasteiger charge is -2.00. The highest BCUT2D eigenvalue weighted by atomic mass is 32.2. The SMILES string of the molecule is CCn1nc(C)c(SCC(=O)O)c1C. The Balaban J connectivity index is 2.85. The minimum absolute atomic E-state index is 0.0943. The second-order valence-electron chi connectivity index (χ2n) is 3.00. The van der Waals surface area contributed by atoms with Crippen molar-refractivity contribution in [2.45, 2.75) is 32.2 Å². The molecule has 0 amide bonds. The molecule has 1 aromatic rings. The fourth-order valence-electron chi connectivity index (χ4n) is 1.33. The first-order valence-corrected chi connectivity index (χ1v) is 5.43. The summed E-state index contributed by atoms with van der Waals surface area (Å²) in [6.45, 7) is 6.71. The first kappa shape index (κ1) is 11.1. The van der Waals surface area contributed by atoms with Crippen LogP contribution < -0.4 is 0 Å². The predicted octanol–water partition coefficient (Wildman–Crippen LogP) is 1.70. The molecule has 0 atom stereocenters. The molecule has 1 heterocycles. The van der Waals surface area contributed by atoms with Crippen LogP contribution in [0.4, 0.5) is 0 Å². The summed E-state index contributed by atoms with van der Waals surface area (Å²) < 4.78 is 1.89. The van der Waals surface area contributed by atoms with Gasteiger partial charge in [-0.3, -0.25) is 9.48 Å². The van der Waals surface area contributed by atoms with Gasteiger partial charge < -0.3 is 5.11 Å². The van der Waals surface area contributed by atoms with Crippen molar-refractivity contribution in [3.8, 4) is 0 Å². The fraction of sp³-hybridized carbons (Fsp3) is 0.556. The van der Waals surface area contributed by atoms with Crippen molar-refractivity contribution in [3.63, 3.8) is 0 Å². The van der Waals surface area contributed by atoms with Crippen LogP contribution in [0, 0.1) is 13.8 Å². The van der Waals surface area contributed by atoms with E-state index >= 15 is 0 Å². The Bertz CT molecular complexity index is 347. The summed E-state index contributed by atoms with van der Waals surface area (Å²) in [5.74, 6) is -0.699. The van der Waals surface area contributed by atoms with Gasteiger partial charge in [-0.2, -0.15) is 5.10 Å². The summed E-state index contributed by atoms with van der Waals surface area (Å²) in [5, 5.41) is 12.9. The Morgan fingerprint density at radius 2 is 2.21 bits per heavy atom. The summed E-state index contributed by atoms with van der Waals surface area (Å²) in [6.07, 6.45) is 0. The van der Waals surface area contributed by atoms with Crippen LogP contribution in [-0.2, 0) is 11.3 Å². The maximum Gasteiger partial charge on any atom is 0.313 e. The molecular formula is C9H14N2O2S. The van der Waals surface area contributed by atoms with Gasteiger partial charge >= 0.3 is 5.97 Å². The second-order valence-corrected chi connectivity index (χ2v) is 3.98. The van der Waals surface area contributed by atoms with Crippen molar-refractivity contribution < 1.29 is 9.90 Å². The number of nitrogens with zero attached hydrogens (tertiary/aromatic N) is 2. The van der Waals surface area contributed by atoms with Gasteiger partial charge in [0.1, 0.15) is 0 Å². The number of thioether (sulfide) groups is 1. The lowest BCUT2D eigenvalue weighted by Crippen LogP contribution is -2.00. The molecule has 1 rings (SSSR count). The summed E-state index contributed by atoms with van der Waals surface area (Å²) >= 11 is 1.34. The largest absolute Gasteiger partial charge is 0.481 e. The molecule has 0 saturated carbocycles. The van der Waals surface area contributed by atoms with Gasteiger partial charge in [0.25, 0.3) is 0 Å². The molecular weight excluding hydrogens is 200 g/mol. The standard InChI is InChI=1S/C9H14N2O2S/c1-4-11-7(3)9(6(2)10-11)14-5-8(12)13/h4-5H2,1-3H3,(H,12,13). The quantitative estimate of drug-likeness (QED) is 0.775. The maximum absolute atomic E-state index is 10.4. The van der Waals surface area contributed by atoms with Crippen LogP contribution in [0.15, 0.2) is 4.90 Å². The number of aromatic nitrogens is 2. The van der Waals surface area contributed by atoms with Gasteiger partial charge in [0.15, 0.2) is 0 Å². The van der Waals surface area contributed by atoms with E-state index in [0.29, 0.717) is 0 Å². The number of aryl methyl sites for hydroxylation is 2. The van der Waals surface area contributed by atoms with Gasteiger partial charge in [0.2, 0.25) is 0 Å². The second kappa shape index (κ2) is 4.50. The van der Waals surface area contributed by atoms with E-state index in [4.69, 9.17) is 5.11 Å². The van der Waals surface area contributed by atoms with Crippen LogP contribution in [0.1, 0.15) is 18.3 Å². The lowest BCUT2D eigenvalue weighted by molar-refractivity contribution is -0.133. The smallest absolute Gasteiger partial charge is 0.313 e. The van der Waals surface area contributed by atoms with Crippen molar-refractivity contribution in [2.24, 2.45) is 0 Å². The third-order valence-electron chi connectivity index (χ3n) is 1.95. The van der Waals surface area contributed by atoms with Crippen molar-refractivity contribution in [1.82, 2.24) is 9.78 Å². The number of carbonyl (C=O) groups is 1. The molecule has 0 unspecified atom stereocenters. The van der Waals surface area contributed by atoms with Crippen LogP contribution in [0.2, 0.25) is 0 Å². The van der Waals surface area contributed by atoms with Gasteiger partial charge in [0, 0.05) is 12.2 Å². The van der Waals surface area contributed by atoms with Gasteiger partial charge in [-0.05, 0) is 20.8 Å². The number of carboxylic acid groups (broad SMARTS) is 1. The van der Waals surface area contributed by atoms with Crippen LogP contribution in [0.3, 0.4) is 0 Å². The molecule has 0 saturated heterocycles. The third kappa shape index (κ3) is 2.29. The van der Waals surface area contributed by atoms with E-state index in [9.17, 15) is 4.79 Å². The molecule has 1 N–H and O–H groups in total. The molecule has 0 aliphatic carbocycles. The Morgan fingerprint density at radius 3 is 2.64 bits per heavy atom. The fourth-order valence-corrected chi connectivity index (χ4v) is 2.16. The molecule has 4 nitrogen and oxygen atoms in total. The van der Waals surface area contributed by atoms with E-state index in [2.05, 4.69) is 5.10 Å². The number of hydrogen-bond donors (Lipinski definition) is 1. The van der Waals surface area contributed by atoms with Gasteiger partial charge in [-0.25, -0.2) is 0 Å². The van der Waals surface area contributed by atoms with Crippen molar-refractivity contribution in [3.05, 3.63) is 11.4 Å². The predicted molar refractivity (Wildman–Crippen MR) is 55.7 cm³/mol. The zero-order valence-electron chi connectivity index (χ0n) is 8.57. The molecule has 0 fully saturated rings. The minimum Gasteiger partial charge on any atom is -0.481 e. The minimum atomic E-state index is -0.793. The summed E-state index contributed by atoms with van der Waals surface area (Å²) in [6, 6.07) is 0. The molecule has 0 spiro atoms. The highest BCUT2D eigenvalue weighted by Gasteiger charge is 2.12. The number of carboxylic acids is 1. The van der Waals surface area contributed by atoms with E-state index in [-0.39, 0.29) is 5.75 Å². The van der Waals surface area contributed by atoms with Crippen LogP contribution in [0.25, 0.3) is 0 Å². The highest BCUT2D eigenvalue weighted by molar-refractivity contribution is 8.00. The first-order chi connectivity index (χ1) is 6.56. The van der Waals surface area contributed by atoms with E-state index in [1.54, 1.807) is 0 Å². The number of hydrogen-bond acceptors (Lipinski definition) is 3. The summed E-state index contributed by atoms with van der Waals surface area (Å²) in [4.78, 5) is 11.4. The summed E-state index contributed by atoms with van der Waals surface area (Å²) in [7, 11) is 0. The van der Waals surface area contributed by atoms with Gasteiger partial charge in [-0.1, -0.05) is 0 Å². The topological polar surface area (TPSA) is 55.1 Å².